The van der Waals surface area contributed by atoms with E-state index >= 15 is 0 Å². The second kappa shape index (κ2) is 4.28. The molecular weight excluding hydrogens is 230 g/mol. The lowest BCUT2D eigenvalue weighted by Gasteiger charge is -2.34. The van der Waals surface area contributed by atoms with Gasteiger partial charge in [0.25, 0.3) is 0 Å². The molecule has 2 fully saturated rings. The number of hydrogen-bond donors (Lipinski definition) is 1. The smallest absolute Gasteiger partial charge is 0.228 e. The average Bonchev–Trinajstić information content (AvgIpc) is 2.67. The number of piperazine rings is 1. The van der Waals surface area contributed by atoms with Gasteiger partial charge in [-0.05, 0) is 6.92 Å². The van der Waals surface area contributed by atoms with Crippen molar-refractivity contribution in [1.29, 1.82) is 0 Å². The van der Waals surface area contributed by atoms with E-state index in [0.29, 0.717) is 6.42 Å². The van der Waals surface area contributed by atoms with Gasteiger partial charge in [0, 0.05) is 46.2 Å². The van der Waals surface area contributed by atoms with Gasteiger partial charge in [0.2, 0.25) is 5.91 Å². The first kappa shape index (κ1) is 11.5. The summed E-state index contributed by atoms with van der Waals surface area (Å²) < 4.78 is 1.87. The van der Waals surface area contributed by atoms with Crippen molar-refractivity contribution in [3.05, 3.63) is 5.69 Å². The van der Waals surface area contributed by atoms with Gasteiger partial charge in [-0.1, -0.05) is 0 Å². The minimum Gasteiger partial charge on any atom is -0.351 e. The molecule has 6 heteroatoms. The maximum atomic E-state index is 11.7. The Labute approximate surface area is 107 Å². The quantitative estimate of drug-likeness (QED) is 0.742. The number of aromatic nitrogens is 2. The van der Waals surface area contributed by atoms with Crippen molar-refractivity contribution in [2.75, 3.05) is 42.5 Å². The second-order valence-electron chi connectivity index (χ2n) is 4.91. The van der Waals surface area contributed by atoms with Gasteiger partial charge in [0.05, 0.1) is 5.69 Å². The summed E-state index contributed by atoms with van der Waals surface area (Å²) in [6.45, 7) is 6.70. The van der Waals surface area contributed by atoms with E-state index in [1.54, 1.807) is 0 Å². The van der Waals surface area contributed by atoms with Gasteiger partial charge in [-0.25, -0.2) is 0 Å². The SMILES string of the molecule is Cc1c(N2CCC2=O)c(N2CCNCC2)nn1C. The van der Waals surface area contributed by atoms with Crippen LogP contribution in [0.3, 0.4) is 0 Å². The Morgan fingerprint density at radius 3 is 2.50 bits per heavy atom. The van der Waals surface area contributed by atoms with Crippen LogP contribution in [0, 0.1) is 6.92 Å². The number of aryl methyl sites for hydroxylation is 1. The Morgan fingerprint density at radius 2 is 1.94 bits per heavy atom. The third-order valence-electron chi connectivity index (χ3n) is 3.82. The van der Waals surface area contributed by atoms with E-state index in [1.807, 2.05) is 23.6 Å². The lowest BCUT2D eigenvalue weighted by molar-refractivity contribution is -0.122. The van der Waals surface area contributed by atoms with Crippen molar-refractivity contribution in [1.82, 2.24) is 15.1 Å². The van der Waals surface area contributed by atoms with Crippen LogP contribution >= 0.6 is 0 Å². The molecule has 0 bridgehead atoms. The largest absolute Gasteiger partial charge is 0.351 e. The van der Waals surface area contributed by atoms with Gasteiger partial charge in [0.15, 0.2) is 5.82 Å². The highest BCUT2D eigenvalue weighted by molar-refractivity contribution is 6.02. The van der Waals surface area contributed by atoms with Crippen LogP contribution in [0.4, 0.5) is 11.5 Å². The van der Waals surface area contributed by atoms with Crippen molar-refractivity contribution in [3.8, 4) is 0 Å². The highest BCUT2D eigenvalue weighted by Crippen LogP contribution is 2.35. The van der Waals surface area contributed by atoms with E-state index in [1.165, 1.54) is 0 Å². The standard InChI is InChI=1S/C12H19N5O/c1-9-11(17-6-3-10(17)18)12(14-15(9)2)16-7-4-13-5-8-16/h13H,3-8H2,1-2H3. The summed E-state index contributed by atoms with van der Waals surface area (Å²) in [6, 6.07) is 0. The summed E-state index contributed by atoms with van der Waals surface area (Å²) >= 11 is 0. The Hall–Kier alpha value is -1.56. The number of carbonyl (C=O) groups excluding carboxylic acids is 1. The number of rotatable bonds is 2. The minimum atomic E-state index is 0.211. The lowest BCUT2D eigenvalue weighted by Crippen LogP contribution is -2.47. The molecule has 1 amide bonds. The highest BCUT2D eigenvalue weighted by atomic mass is 16.2. The van der Waals surface area contributed by atoms with Crippen LogP contribution in [0.25, 0.3) is 0 Å². The predicted molar refractivity (Wildman–Crippen MR) is 70.0 cm³/mol. The van der Waals surface area contributed by atoms with Crippen molar-refractivity contribution < 1.29 is 4.79 Å². The summed E-state index contributed by atoms with van der Waals surface area (Å²) in [4.78, 5) is 15.8. The van der Waals surface area contributed by atoms with Gasteiger partial charge < -0.3 is 15.1 Å². The van der Waals surface area contributed by atoms with E-state index in [4.69, 9.17) is 0 Å². The number of anilines is 2. The van der Waals surface area contributed by atoms with Crippen LogP contribution in [0.5, 0.6) is 0 Å². The summed E-state index contributed by atoms with van der Waals surface area (Å²) in [5.74, 6) is 1.17. The van der Waals surface area contributed by atoms with Gasteiger partial charge >= 0.3 is 0 Å². The van der Waals surface area contributed by atoms with Crippen molar-refractivity contribution >= 4 is 17.4 Å². The normalized spacial score (nSPS) is 20.2. The zero-order valence-corrected chi connectivity index (χ0v) is 10.9. The molecule has 0 aliphatic carbocycles. The Balaban J connectivity index is 1.97. The first-order valence-electron chi connectivity index (χ1n) is 6.48. The zero-order chi connectivity index (χ0) is 12.7. The summed E-state index contributed by atoms with van der Waals surface area (Å²) in [5.41, 5.74) is 2.08. The molecular formula is C12H19N5O. The molecule has 1 aromatic rings. The minimum absolute atomic E-state index is 0.211. The molecule has 0 atom stereocenters. The van der Waals surface area contributed by atoms with Crippen molar-refractivity contribution in [2.24, 2.45) is 7.05 Å². The first-order valence-corrected chi connectivity index (χ1v) is 6.48. The second-order valence-corrected chi connectivity index (χ2v) is 4.91. The molecule has 1 aromatic heterocycles. The first-order chi connectivity index (χ1) is 8.68. The predicted octanol–water partition coefficient (Wildman–Crippen LogP) is -0.125. The molecule has 0 radical (unpaired) electrons. The molecule has 6 nitrogen and oxygen atoms in total. The third kappa shape index (κ3) is 1.68. The number of nitrogens with one attached hydrogen (secondary N) is 1. The molecule has 98 valence electrons. The third-order valence-corrected chi connectivity index (χ3v) is 3.82. The Kier molecular flexibility index (Phi) is 2.74. The zero-order valence-electron chi connectivity index (χ0n) is 10.9. The fourth-order valence-corrected chi connectivity index (χ4v) is 2.54. The van der Waals surface area contributed by atoms with Crippen LogP contribution in [0.15, 0.2) is 0 Å². The number of hydrogen-bond acceptors (Lipinski definition) is 4. The fraction of sp³-hybridized carbons (Fsp3) is 0.667. The maximum Gasteiger partial charge on any atom is 0.228 e. The molecule has 2 aliphatic heterocycles. The fourth-order valence-electron chi connectivity index (χ4n) is 2.54. The van der Waals surface area contributed by atoms with Crippen LogP contribution in [-0.2, 0) is 11.8 Å². The van der Waals surface area contributed by atoms with Gasteiger partial charge in [-0.2, -0.15) is 5.10 Å². The molecule has 0 spiro atoms. The molecule has 1 N–H and O–H groups in total. The van der Waals surface area contributed by atoms with E-state index < -0.39 is 0 Å². The Bertz CT molecular complexity index is 475. The van der Waals surface area contributed by atoms with Crippen LogP contribution < -0.4 is 15.1 Å². The molecule has 3 heterocycles. The lowest BCUT2D eigenvalue weighted by atomic mass is 10.1. The molecule has 0 aromatic carbocycles. The molecule has 2 saturated heterocycles. The monoisotopic (exact) mass is 249 g/mol. The van der Waals surface area contributed by atoms with Gasteiger partial charge in [-0.15, -0.1) is 0 Å². The number of carbonyl (C=O) groups is 1. The van der Waals surface area contributed by atoms with Crippen LogP contribution in [0.2, 0.25) is 0 Å². The van der Waals surface area contributed by atoms with E-state index in [0.717, 1.165) is 49.9 Å². The average molecular weight is 249 g/mol. The maximum absolute atomic E-state index is 11.7. The van der Waals surface area contributed by atoms with Crippen LogP contribution in [0.1, 0.15) is 12.1 Å². The summed E-state index contributed by atoms with van der Waals surface area (Å²) in [7, 11) is 1.94. The van der Waals surface area contributed by atoms with Gasteiger partial charge in [-0.3, -0.25) is 9.48 Å². The molecule has 18 heavy (non-hydrogen) atoms. The van der Waals surface area contributed by atoms with Crippen molar-refractivity contribution in [3.63, 3.8) is 0 Å². The molecule has 2 aliphatic rings. The molecule has 0 unspecified atom stereocenters. The van der Waals surface area contributed by atoms with Gasteiger partial charge in [0.1, 0.15) is 5.69 Å². The van der Waals surface area contributed by atoms with Crippen molar-refractivity contribution in [2.45, 2.75) is 13.3 Å². The molecule has 0 saturated carbocycles. The summed E-state index contributed by atoms with van der Waals surface area (Å²) in [5, 5.41) is 7.93. The number of nitrogens with zero attached hydrogens (tertiary/aromatic N) is 4. The number of β-lactam (4-membered cyclic amide) rings is 1. The summed E-state index contributed by atoms with van der Waals surface area (Å²) in [6.07, 6.45) is 0.662. The van der Waals surface area contributed by atoms with E-state index in [-0.39, 0.29) is 5.91 Å². The molecule has 3 rings (SSSR count). The number of amides is 1. The van der Waals surface area contributed by atoms with Crippen LogP contribution in [-0.4, -0.2) is 48.4 Å². The Morgan fingerprint density at radius 1 is 1.22 bits per heavy atom. The topological polar surface area (TPSA) is 53.4 Å². The highest BCUT2D eigenvalue weighted by Gasteiger charge is 2.33. The van der Waals surface area contributed by atoms with E-state index in [9.17, 15) is 4.79 Å². The van der Waals surface area contributed by atoms with E-state index in [2.05, 4.69) is 15.3 Å².